The maximum Gasteiger partial charge on any atom is 0.242 e. The lowest BCUT2D eigenvalue weighted by Crippen LogP contribution is -2.45. The second-order valence-electron chi connectivity index (χ2n) is 7.52. The number of rotatable bonds is 11. The molecule has 0 aliphatic heterocycles. The Morgan fingerprint density at radius 1 is 1.07 bits per heavy atom. The van der Waals surface area contributed by atoms with Crippen molar-refractivity contribution in [1.82, 2.24) is 20.4 Å². The molecule has 0 aliphatic carbocycles. The monoisotopic (exact) mass is 517 g/mol. The fourth-order valence-electron chi connectivity index (χ4n) is 3.25. The van der Waals surface area contributed by atoms with E-state index < -0.39 is 0 Å². The van der Waals surface area contributed by atoms with E-state index in [0.717, 1.165) is 25.1 Å². The van der Waals surface area contributed by atoms with Crippen molar-refractivity contribution in [3.8, 4) is 0 Å². The molecule has 0 bridgehead atoms. The third-order valence-corrected chi connectivity index (χ3v) is 4.79. The van der Waals surface area contributed by atoms with Crippen molar-refractivity contribution in [1.29, 1.82) is 0 Å². The second-order valence-corrected chi connectivity index (χ2v) is 7.52. The molecule has 166 valence electrons. The van der Waals surface area contributed by atoms with Gasteiger partial charge in [-0.3, -0.25) is 14.7 Å². The number of aliphatic imine (C=N–C) groups is 1. The van der Waals surface area contributed by atoms with Crippen molar-refractivity contribution in [2.45, 2.75) is 59.7 Å². The summed E-state index contributed by atoms with van der Waals surface area (Å²) in [5, 5.41) is 6.44. The number of benzene rings is 1. The van der Waals surface area contributed by atoms with Crippen molar-refractivity contribution < 1.29 is 4.79 Å². The first kappa shape index (κ1) is 27.6. The summed E-state index contributed by atoms with van der Waals surface area (Å²) in [4.78, 5) is 21.1. The van der Waals surface area contributed by atoms with Crippen molar-refractivity contribution in [2.75, 3.05) is 33.2 Å². The number of nitrogens with one attached hydrogen (secondary N) is 2. The molecule has 0 fully saturated rings. The number of halogens is 1. The van der Waals surface area contributed by atoms with E-state index in [0.29, 0.717) is 31.1 Å². The highest BCUT2D eigenvalue weighted by atomic mass is 127. The molecule has 0 atom stereocenters. The quantitative estimate of drug-likeness (QED) is 0.205. The van der Waals surface area contributed by atoms with Gasteiger partial charge in [0.25, 0.3) is 0 Å². The number of carbonyl (C=O) groups is 1. The van der Waals surface area contributed by atoms with Crippen molar-refractivity contribution >= 4 is 35.8 Å². The minimum Gasteiger partial charge on any atom is -0.356 e. The molecule has 29 heavy (non-hydrogen) atoms. The predicted molar refractivity (Wildman–Crippen MR) is 134 cm³/mol. The molecular formula is C22H40IN5O. The molecule has 6 nitrogen and oxygen atoms in total. The van der Waals surface area contributed by atoms with E-state index in [-0.39, 0.29) is 36.4 Å². The number of hydrogen-bond donors (Lipinski definition) is 2. The van der Waals surface area contributed by atoms with Gasteiger partial charge in [-0.05, 0) is 46.6 Å². The molecule has 0 heterocycles. The molecule has 1 rings (SSSR count). The Hall–Kier alpha value is -1.35. The normalized spacial score (nSPS) is 11.6. The number of likely N-dealkylation sites (N-methyl/N-ethyl adjacent to an activating group) is 1. The summed E-state index contributed by atoms with van der Waals surface area (Å²) in [6.45, 7) is 14.3. The molecule has 1 aromatic carbocycles. The second kappa shape index (κ2) is 15.5. The molecule has 2 N–H and O–H groups in total. The minimum atomic E-state index is 0. The summed E-state index contributed by atoms with van der Waals surface area (Å²) in [6.07, 6.45) is 1.03. The number of nitrogens with zero attached hydrogens (tertiary/aromatic N) is 3. The summed E-state index contributed by atoms with van der Waals surface area (Å²) < 4.78 is 0. The van der Waals surface area contributed by atoms with Gasteiger partial charge < -0.3 is 15.5 Å². The van der Waals surface area contributed by atoms with Crippen molar-refractivity contribution in [3.05, 3.63) is 35.9 Å². The van der Waals surface area contributed by atoms with Gasteiger partial charge in [-0.1, -0.05) is 30.3 Å². The molecule has 0 saturated heterocycles. The van der Waals surface area contributed by atoms with Gasteiger partial charge in [0.05, 0.1) is 6.54 Å². The largest absolute Gasteiger partial charge is 0.356 e. The van der Waals surface area contributed by atoms with E-state index in [1.165, 1.54) is 0 Å². The zero-order valence-corrected chi connectivity index (χ0v) is 21.3. The van der Waals surface area contributed by atoms with Crippen LogP contribution < -0.4 is 10.6 Å². The highest BCUT2D eigenvalue weighted by molar-refractivity contribution is 14.0. The van der Waals surface area contributed by atoms with Crippen molar-refractivity contribution in [2.24, 2.45) is 4.99 Å². The highest BCUT2D eigenvalue weighted by Crippen LogP contribution is 2.05. The zero-order valence-electron chi connectivity index (χ0n) is 18.9. The van der Waals surface area contributed by atoms with Crippen LogP contribution in [0, 0.1) is 0 Å². The van der Waals surface area contributed by atoms with Crippen LogP contribution in [0.1, 0.15) is 46.6 Å². The third-order valence-electron chi connectivity index (χ3n) is 4.79. The number of hydrogen-bond acceptors (Lipinski definition) is 3. The van der Waals surface area contributed by atoms with E-state index in [1.54, 1.807) is 7.05 Å². The third kappa shape index (κ3) is 10.8. The van der Waals surface area contributed by atoms with Gasteiger partial charge in [0.1, 0.15) is 0 Å². The lowest BCUT2D eigenvalue weighted by Gasteiger charge is -2.30. The number of guanidine groups is 1. The Balaban J connectivity index is 0.00000784. The fourth-order valence-corrected chi connectivity index (χ4v) is 3.25. The summed E-state index contributed by atoms with van der Waals surface area (Å²) in [6, 6.07) is 11.2. The molecule has 0 aromatic heterocycles. The van der Waals surface area contributed by atoms with Gasteiger partial charge >= 0.3 is 0 Å². The van der Waals surface area contributed by atoms with Crippen LogP contribution in [0.25, 0.3) is 0 Å². The Bertz CT molecular complexity index is 584. The minimum absolute atomic E-state index is 0. The van der Waals surface area contributed by atoms with Crippen LogP contribution in [0.5, 0.6) is 0 Å². The van der Waals surface area contributed by atoms with Gasteiger partial charge in [-0.25, -0.2) is 0 Å². The van der Waals surface area contributed by atoms with Gasteiger partial charge in [0.15, 0.2) is 5.96 Å². The standard InChI is InChI=1S/C22H39N5O.HI/c1-7-26(17-20-12-9-8-10-13-20)21(28)16-25-22(23-6)24-14-11-15-27(18(2)3)19(4)5;/h8-10,12-13,18-19H,7,11,14-17H2,1-6H3,(H2,23,24,25);1H. The molecule has 0 radical (unpaired) electrons. The Kier molecular flexibility index (Phi) is 14.8. The summed E-state index contributed by atoms with van der Waals surface area (Å²) in [5.41, 5.74) is 1.14. The molecular weight excluding hydrogens is 477 g/mol. The van der Waals surface area contributed by atoms with Gasteiger partial charge in [0, 0.05) is 45.3 Å². The van der Waals surface area contributed by atoms with E-state index >= 15 is 0 Å². The van der Waals surface area contributed by atoms with E-state index in [2.05, 4.69) is 48.2 Å². The molecule has 0 saturated carbocycles. The number of amides is 1. The van der Waals surface area contributed by atoms with Crippen molar-refractivity contribution in [3.63, 3.8) is 0 Å². The average molecular weight is 518 g/mol. The molecule has 1 amide bonds. The van der Waals surface area contributed by atoms with Crippen LogP contribution in [-0.2, 0) is 11.3 Å². The molecule has 0 aliphatic rings. The van der Waals surface area contributed by atoms with Gasteiger partial charge in [0.2, 0.25) is 5.91 Å². The van der Waals surface area contributed by atoms with E-state index in [4.69, 9.17) is 0 Å². The summed E-state index contributed by atoms with van der Waals surface area (Å²) in [5.74, 6) is 0.741. The maximum atomic E-state index is 12.5. The number of carbonyl (C=O) groups excluding carboxylic acids is 1. The molecule has 1 aromatic rings. The average Bonchev–Trinajstić information content (AvgIpc) is 2.68. The van der Waals surface area contributed by atoms with Crippen LogP contribution in [0.2, 0.25) is 0 Å². The topological polar surface area (TPSA) is 60.0 Å². The van der Waals surface area contributed by atoms with Crippen LogP contribution in [-0.4, -0.2) is 67.0 Å². The maximum absolute atomic E-state index is 12.5. The lowest BCUT2D eigenvalue weighted by molar-refractivity contribution is -0.130. The summed E-state index contributed by atoms with van der Waals surface area (Å²) >= 11 is 0. The first-order chi connectivity index (χ1) is 13.4. The zero-order chi connectivity index (χ0) is 20.9. The SMILES string of the molecule is CCN(Cc1ccccc1)C(=O)CNC(=NC)NCCCN(C(C)C)C(C)C.I. The van der Waals surface area contributed by atoms with Crippen LogP contribution in [0.3, 0.4) is 0 Å². The molecule has 0 spiro atoms. The Morgan fingerprint density at radius 2 is 1.69 bits per heavy atom. The first-order valence-corrected chi connectivity index (χ1v) is 10.4. The Labute approximate surface area is 194 Å². The van der Waals surface area contributed by atoms with Crippen LogP contribution in [0.4, 0.5) is 0 Å². The fraction of sp³-hybridized carbons (Fsp3) is 0.636. The van der Waals surface area contributed by atoms with Gasteiger partial charge in [-0.15, -0.1) is 24.0 Å². The predicted octanol–water partition coefficient (Wildman–Crippen LogP) is 3.33. The smallest absolute Gasteiger partial charge is 0.242 e. The first-order valence-electron chi connectivity index (χ1n) is 10.4. The van der Waals surface area contributed by atoms with Crippen LogP contribution >= 0.6 is 24.0 Å². The van der Waals surface area contributed by atoms with Gasteiger partial charge in [-0.2, -0.15) is 0 Å². The Morgan fingerprint density at radius 3 is 2.21 bits per heavy atom. The van der Waals surface area contributed by atoms with Crippen LogP contribution in [0.15, 0.2) is 35.3 Å². The lowest BCUT2D eigenvalue weighted by atomic mass is 10.2. The molecule has 7 heteroatoms. The van der Waals surface area contributed by atoms with E-state index in [1.807, 2.05) is 42.2 Å². The van der Waals surface area contributed by atoms with E-state index in [9.17, 15) is 4.79 Å². The molecule has 0 unspecified atom stereocenters. The summed E-state index contributed by atoms with van der Waals surface area (Å²) in [7, 11) is 1.73. The highest BCUT2D eigenvalue weighted by Gasteiger charge is 2.14.